The highest BCUT2D eigenvalue weighted by Crippen LogP contribution is 2.35. The van der Waals surface area contributed by atoms with E-state index in [2.05, 4.69) is 19.2 Å². The Morgan fingerprint density at radius 1 is 1.15 bits per heavy atom. The van der Waals surface area contributed by atoms with Gasteiger partial charge in [-0.05, 0) is 37.4 Å². The first-order valence-electron chi connectivity index (χ1n) is 7.48. The largest absolute Gasteiger partial charge is 0.490 e. The Kier molecular flexibility index (Phi) is 5.99. The molecule has 1 aromatic carbocycles. The van der Waals surface area contributed by atoms with Gasteiger partial charge >= 0.3 is 0 Å². The van der Waals surface area contributed by atoms with Crippen molar-refractivity contribution in [2.75, 3.05) is 19.8 Å². The van der Waals surface area contributed by atoms with Gasteiger partial charge in [0.15, 0.2) is 11.5 Å². The maximum atomic E-state index is 6.33. The minimum atomic E-state index is 0.552. The van der Waals surface area contributed by atoms with Crippen LogP contribution in [-0.4, -0.2) is 25.8 Å². The van der Waals surface area contributed by atoms with Gasteiger partial charge < -0.3 is 14.8 Å². The topological polar surface area (TPSA) is 30.5 Å². The Morgan fingerprint density at radius 3 is 2.55 bits per heavy atom. The van der Waals surface area contributed by atoms with Gasteiger partial charge in [0.25, 0.3) is 0 Å². The smallest absolute Gasteiger partial charge is 0.162 e. The van der Waals surface area contributed by atoms with E-state index in [-0.39, 0.29) is 0 Å². The SMILES string of the molecule is CC(C)NCCCCc1cc2c(cc1Cl)OCCCO2. The number of halogens is 1. The van der Waals surface area contributed by atoms with Crippen LogP contribution in [0.2, 0.25) is 5.02 Å². The van der Waals surface area contributed by atoms with Gasteiger partial charge in [-0.2, -0.15) is 0 Å². The summed E-state index contributed by atoms with van der Waals surface area (Å²) in [7, 11) is 0. The molecule has 1 aliphatic heterocycles. The zero-order valence-corrected chi connectivity index (χ0v) is 13.1. The van der Waals surface area contributed by atoms with Crippen molar-refractivity contribution < 1.29 is 9.47 Å². The molecular weight excluding hydrogens is 274 g/mol. The van der Waals surface area contributed by atoms with Crippen LogP contribution in [0.1, 0.15) is 38.7 Å². The van der Waals surface area contributed by atoms with Crippen LogP contribution in [0.25, 0.3) is 0 Å². The number of fused-ring (bicyclic) bond motifs is 1. The Balaban J connectivity index is 1.89. The lowest BCUT2D eigenvalue weighted by molar-refractivity contribution is 0.297. The van der Waals surface area contributed by atoms with E-state index in [1.807, 2.05) is 12.1 Å². The molecule has 1 aliphatic rings. The zero-order valence-electron chi connectivity index (χ0n) is 12.4. The second-order valence-corrected chi connectivity index (χ2v) is 5.91. The quantitative estimate of drug-likeness (QED) is 0.810. The number of unbranched alkanes of at least 4 members (excludes halogenated alkanes) is 1. The average Bonchev–Trinajstić information content (AvgIpc) is 2.63. The number of aryl methyl sites for hydroxylation is 1. The highest BCUT2D eigenvalue weighted by Gasteiger charge is 2.13. The minimum Gasteiger partial charge on any atom is -0.490 e. The summed E-state index contributed by atoms with van der Waals surface area (Å²) in [5, 5.41) is 4.21. The van der Waals surface area contributed by atoms with E-state index in [1.165, 1.54) is 0 Å². The third-order valence-electron chi connectivity index (χ3n) is 3.34. The van der Waals surface area contributed by atoms with E-state index in [0.29, 0.717) is 19.3 Å². The van der Waals surface area contributed by atoms with Crippen molar-refractivity contribution in [3.05, 3.63) is 22.7 Å². The third kappa shape index (κ3) is 4.57. The molecule has 3 nitrogen and oxygen atoms in total. The normalized spacial score (nSPS) is 14.4. The summed E-state index contributed by atoms with van der Waals surface area (Å²) in [5.74, 6) is 1.61. The summed E-state index contributed by atoms with van der Waals surface area (Å²) >= 11 is 6.33. The number of hydrogen-bond donors (Lipinski definition) is 1. The van der Waals surface area contributed by atoms with Gasteiger partial charge in [0, 0.05) is 23.6 Å². The van der Waals surface area contributed by atoms with E-state index < -0.39 is 0 Å². The average molecular weight is 298 g/mol. The molecule has 0 saturated heterocycles. The van der Waals surface area contributed by atoms with E-state index in [4.69, 9.17) is 21.1 Å². The van der Waals surface area contributed by atoms with Crippen molar-refractivity contribution in [2.24, 2.45) is 0 Å². The summed E-state index contributed by atoms with van der Waals surface area (Å²) in [5.41, 5.74) is 1.15. The summed E-state index contributed by atoms with van der Waals surface area (Å²) in [6.45, 7) is 6.80. The van der Waals surface area contributed by atoms with Crippen molar-refractivity contribution >= 4 is 11.6 Å². The van der Waals surface area contributed by atoms with Gasteiger partial charge in [0.2, 0.25) is 0 Å². The van der Waals surface area contributed by atoms with Crippen molar-refractivity contribution in [1.29, 1.82) is 0 Å². The molecule has 0 atom stereocenters. The molecule has 20 heavy (non-hydrogen) atoms. The number of rotatable bonds is 6. The first kappa shape index (κ1) is 15.5. The Bertz CT molecular complexity index is 435. The van der Waals surface area contributed by atoms with Crippen LogP contribution in [-0.2, 0) is 6.42 Å². The summed E-state index contributed by atoms with van der Waals surface area (Å²) < 4.78 is 11.3. The second kappa shape index (κ2) is 7.75. The highest BCUT2D eigenvalue weighted by molar-refractivity contribution is 6.31. The summed E-state index contributed by atoms with van der Waals surface area (Å²) in [6.07, 6.45) is 4.18. The molecule has 112 valence electrons. The van der Waals surface area contributed by atoms with E-state index in [0.717, 1.165) is 54.3 Å². The van der Waals surface area contributed by atoms with Crippen LogP contribution in [0.5, 0.6) is 11.5 Å². The first-order chi connectivity index (χ1) is 9.66. The Labute approximate surface area is 126 Å². The molecule has 1 heterocycles. The Morgan fingerprint density at radius 2 is 1.85 bits per heavy atom. The van der Waals surface area contributed by atoms with Gasteiger partial charge in [-0.3, -0.25) is 0 Å². The molecule has 0 unspecified atom stereocenters. The van der Waals surface area contributed by atoms with Gasteiger partial charge in [0.05, 0.1) is 13.2 Å². The molecule has 0 saturated carbocycles. The van der Waals surface area contributed by atoms with Crippen molar-refractivity contribution in [1.82, 2.24) is 5.32 Å². The molecule has 0 aliphatic carbocycles. The van der Waals surface area contributed by atoms with Crippen LogP contribution in [0.15, 0.2) is 12.1 Å². The van der Waals surface area contributed by atoms with Gasteiger partial charge in [0.1, 0.15) is 0 Å². The zero-order chi connectivity index (χ0) is 14.4. The molecular formula is C16H24ClNO2. The van der Waals surface area contributed by atoms with Gasteiger partial charge in [-0.15, -0.1) is 0 Å². The van der Waals surface area contributed by atoms with Gasteiger partial charge in [-0.1, -0.05) is 25.4 Å². The van der Waals surface area contributed by atoms with Crippen molar-refractivity contribution in [2.45, 2.75) is 45.6 Å². The van der Waals surface area contributed by atoms with E-state index in [1.54, 1.807) is 0 Å². The molecule has 1 aromatic rings. The lowest BCUT2D eigenvalue weighted by Gasteiger charge is -2.12. The van der Waals surface area contributed by atoms with Crippen LogP contribution in [0, 0.1) is 0 Å². The van der Waals surface area contributed by atoms with Crippen LogP contribution in [0.4, 0.5) is 0 Å². The molecule has 0 radical (unpaired) electrons. The molecule has 0 aromatic heterocycles. The third-order valence-corrected chi connectivity index (χ3v) is 3.69. The number of ether oxygens (including phenoxy) is 2. The monoisotopic (exact) mass is 297 g/mol. The fourth-order valence-electron chi connectivity index (χ4n) is 2.25. The fraction of sp³-hybridized carbons (Fsp3) is 0.625. The van der Waals surface area contributed by atoms with Crippen molar-refractivity contribution in [3.63, 3.8) is 0 Å². The maximum absolute atomic E-state index is 6.33. The minimum absolute atomic E-state index is 0.552. The van der Waals surface area contributed by atoms with Crippen LogP contribution >= 0.6 is 11.6 Å². The maximum Gasteiger partial charge on any atom is 0.162 e. The van der Waals surface area contributed by atoms with Gasteiger partial charge in [-0.25, -0.2) is 0 Å². The highest BCUT2D eigenvalue weighted by atomic mass is 35.5. The molecule has 0 bridgehead atoms. The van der Waals surface area contributed by atoms with E-state index in [9.17, 15) is 0 Å². The Hall–Kier alpha value is -0.930. The number of hydrogen-bond acceptors (Lipinski definition) is 3. The van der Waals surface area contributed by atoms with E-state index >= 15 is 0 Å². The summed E-state index contributed by atoms with van der Waals surface area (Å²) in [6, 6.07) is 4.49. The molecule has 0 amide bonds. The molecule has 2 rings (SSSR count). The van der Waals surface area contributed by atoms with Crippen LogP contribution in [0.3, 0.4) is 0 Å². The molecule has 1 N–H and O–H groups in total. The molecule has 0 spiro atoms. The molecule has 4 heteroatoms. The second-order valence-electron chi connectivity index (χ2n) is 5.51. The van der Waals surface area contributed by atoms with Crippen LogP contribution < -0.4 is 14.8 Å². The standard InChI is InChI=1S/C16H24ClNO2/c1-12(2)18-7-4-3-6-13-10-15-16(11-14(13)17)20-9-5-8-19-15/h10-12,18H,3-9H2,1-2H3. The lowest BCUT2D eigenvalue weighted by atomic mass is 10.1. The number of nitrogens with one attached hydrogen (secondary N) is 1. The lowest BCUT2D eigenvalue weighted by Crippen LogP contribution is -2.23. The fourth-order valence-corrected chi connectivity index (χ4v) is 2.50. The number of benzene rings is 1. The molecule has 0 fully saturated rings. The predicted molar refractivity (Wildman–Crippen MR) is 83.1 cm³/mol. The predicted octanol–water partition coefficient (Wildman–Crippen LogP) is 3.82. The summed E-state index contributed by atoms with van der Waals surface area (Å²) in [4.78, 5) is 0. The first-order valence-corrected chi connectivity index (χ1v) is 7.86. The van der Waals surface area contributed by atoms with Crippen molar-refractivity contribution in [3.8, 4) is 11.5 Å².